The van der Waals surface area contributed by atoms with E-state index in [0.717, 1.165) is 5.56 Å². The summed E-state index contributed by atoms with van der Waals surface area (Å²) in [4.78, 5) is 23.0. The van der Waals surface area contributed by atoms with Crippen molar-refractivity contribution in [1.29, 1.82) is 0 Å². The van der Waals surface area contributed by atoms with Crippen LogP contribution in [0.1, 0.15) is 27.9 Å². The Morgan fingerprint density at radius 1 is 1.47 bits per heavy atom. The molecule has 1 N–H and O–H groups in total. The SMILES string of the molecule is COCCCn1cc(C)c(C)c(C(=O)O)c1=O. The van der Waals surface area contributed by atoms with Gasteiger partial charge in [0.25, 0.3) is 5.56 Å². The summed E-state index contributed by atoms with van der Waals surface area (Å²) in [6, 6.07) is 0. The summed E-state index contributed by atoms with van der Waals surface area (Å²) in [6.07, 6.45) is 2.37. The van der Waals surface area contributed by atoms with Crippen LogP contribution in [0.15, 0.2) is 11.0 Å². The van der Waals surface area contributed by atoms with E-state index < -0.39 is 11.5 Å². The van der Waals surface area contributed by atoms with Crippen LogP contribution >= 0.6 is 0 Å². The fourth-order valence-corrected chi connectivity index (χ4v) is 1.69. The van der Waals surface area contributed by atoms with Crippen molar-refractivity contribution in [2.45, 2.75) is 26.8 Å². The third-order valence-electron chi connectivity index (χ3n) is 2.75. The molecule has 94 valence electrons. The lowest BCUT2D eigenvalue weighted by Crippen LogP contribution is -2.28. The number of ether oxygens (including phenoxy) is 1. The first-order valence-electron chi connectivity index (χ1n) is 5.42. The third-order valence-corrected chi connectivity index (χ3v) is 2.75. The van der Waals surface area contributed by atoms with Gasteiger partial charge in [-0.1, -0.05) is 0 Å². The molecule has 0 unspecified atom stereocenters. The Morgan fingerprint density at radius 2 is 2.12 bits per heavy atom. The molecule has 5 nitrogen and oxygen atoms in total. The molecule has 1 aromatic rings. The molecule has 0 fully saturated rings. The average molecular weight is 239 g/mol. The van der Waals surface area contributed by atoms with E-state index >= 15 is 0 Å². The number of aromatic nitrogens is 1. The Labute approximate surface area is 99.6 Å². The van der Waals surface area contributed by atoms with E-state index in [1.807, 2.05) is 0 Å². The van der Waals surface area contributed by atoms with Gasteiger partial charge in [-0.15, -0.1) is 0 Å². The zero-order chi connectivity index (χ0) is 13.0. The van der Waals surface area contributed by atoms with Crippen LogP contribution in [0.4, 0.5) is 0 Å². The Balaban J connectivity index is 3.16. The number of carboxylic acid groups (broad SMARTS) is 1. The zero-order valence-electron chi connectivity index (χ0n) is 10.3. The number of hydrogen-bond donors (Lipinski definition) is 1. The van der Waals surface area contributed by atoms with Crippen LogP contribution < -0.4 is 5.56 Å². The summed E-state index contributed by atoms with van der Waals surface area (Å²) in [5.74, 6) is -1.17. The summed E-state index contributed by atoms with van der Waals surface area (Å²) in [7, 11) is 1.59. The third kappa shape index (κ3) is 2.94. The van der Waals surface area contributed by atoms with Crippen molar-refractivity contribution in [1.82, 2.24) is 4.57 Å². The molecular formula is C12H17NO4. The van der Waals surface area contributed by atoms with E-state index in [0.29, 0.717) is 25.1 Å². The summed E-state index contributed by atoms with van der Waals surface area (Å²) in [5, 5.41) is 9.03. The smallest absolute Gasteiger partial charge is 0.341 e. The molecule has 1 heterocycles. The second-order valence-electron chi connectivity index (χ2n) is 3.96. The quantitative estimate of drug-likeness (QED) is 0.784. The van der Waals surface area contributed by atoms with E-state index in [2.05, 4.69) is 0 Å². The Bertz CT molecular complexity index is 476. The molecule has 1 rings (SSSR count). The van der Waals surface area contributed by atoms with E-state index in [-0.39, 0.29) is 5.56 Å². The fourth-order valence-electron chi connectivity index (χ4n) is 1.69. The van der Waals surface area contributed by atoms with Gasteiger partial charge in [-0.05, 0) is 31.4 Å². The molecule has 5 heteroatoms. The summed E-state index contributed by atoms with van der Waals surface area (Å²) >= 11 is 0. The molecule has 0 saturated carbocycles. The lowest BCUT2D eigenvalue weighted by Gasteiger charge is -2.11. The highest BCUT2D eigenvalue weighted by atomic mass is 16.5. The molecule has 0 spiro atoms. The highest BCUT2D eigenvalue weighted by Gasteiger charge is 2.16. The van der Waals surface area contributed by atoms with Gasteiger partial charge < -0.3 is 14.4 Å². The number of rotatable bonds is 5. The monoisotopic (exact) mass is 239 g/mol. The van der Waals surface area contributed by atoms with E-state index in [1.54, 1.807) is 27.2 Å². The molecule has 0 amide bonds. The van der Waals surface area contributed by atoms with Crippen molar-refractivity contribution in [3.8, 4) is 0 Å². The summed E-state index contributed by atoms with van der Waals surface area (Å²) in [5.41, 5.74) is 0.754. The number of aromatic carboxylic acids is 1. The number of nitrogens with zero attached hydrogens (tertiary/aromatic N) is 1. The lowest BCUT2D eigenvalue weighted by atomic mass is 10.1. The molecule has 0 atom stereocenters. The van der Waals surface area contributed by atoms with E-state index in [4.69, 9.17) is 9.84 Å². The summed E-state index contributed by atoms with van der Waals surface area (Å²) < 4.78 is 6.34. The maximum atomic E-state index is 11.9. The van der Waals surface area contributed by atoms with Gasteiger partial charge in [-0.25, -0.2) is 4.79 Å². The van der Waals surface area contributed by atoms with Crippen LogP contribution in [0.3, 0.4) is 0 Å². The van der Waals surface area contributed by atoms with Crippen LogP contribution in [0.25, 0.3) is 0 Å². The van der Waals surface area contributed by atoms with Crippen LogP contribution in [0.5, 0.6) is 0 Å². The molecule has 0 aromatic carbocycles. The van der Waals surface area contributed by atoms with Crippen LogP contribution in [0.2, 0.25) is 0 Å². The van der Waals surface area contributed by atoms with Gasteiger partial charge in [-0.3, -0.25) is 4.79 Å². The highest BCUT2D eigenvalue weighted by molar-refractivity contribution is 5.89. The minimum Gasteiger partial charge on any atom is -0.477 e. The van der Waals surface area contributed by atoms with Crippen LogP contribution in [0, 0.1) is 13.8 Å². The second kappa shape index (κ2) is 5.63. The molecule has 0 aliphatic heterocycles. The van der Waals surface area contributed by atoms with Crippen molar-refractivity contribution in [2.75, 3.05) is 13.7 Å². The fraction of sp³-hybridized carbons (Fsp3) is 0.500. The van der Waals surface area contributed by atoms with Gasteiger partial charge in [0.15, 0.2) is 0 Å². The number of carbonyl (C=O) groups is 1. The largest absolute Gasteiger partial charge is 0.477 e. The normalized spacial score (nSPS) is 10.5. The van der Waals surface area contributed by atoms with Crippen LogP contribution in [-0.2, 0) is 11.3 Å². The van der Waals surface area contributed by atoms with Crippen molar-refractivity contribution >= 4 is 5.97 Å². The van der Waals surface area contributed by atoms with Gasteiger partial charge >= 0.3 is 5.97 Å². The first kappa shape index (κ1) is 13.4. The molecular weight excluding hydrogens is 222 g/mol. The Hall–Kier alpha value is -1.62. The summed E-state index contributed by atoms with van der Waals surface area (Å²) in [6.45, 7) is 4.46. The Kier molecular flexibility index (Phi) is 4.45. The van der Waals surface area contributed by atoms with E-state index in [9.17, 15) is 9.59 Å². The lowest BCUT2D eigenvalue weighted by molar-refractivity contribution is 0.0693. The van der Waals surface area contributed by atoms with Crippen molar-refractivity contribution < 1.29 is 14.6 Å². The minimum atomic E-state index is -1.17. The molecule has 0 bridgehead atoms. The zero-order valence-corrected chi connectivity index (χ0v) is 10.3. The molecule has 0 aliphatic carbocycles. The Morgan fingerprint density at radius 3 is 2.65 bits per heavy atom. The van der Waals surface area contributed by atoms with Gasteiger partial charge in [-0.2, -0.15) is 0 Å². The maximum absolute atomic E-state index is 11.9. The van der Waals surface area contributed by atoms with Crippen molar-refractivity contribution in [3.05, 3.63) is 33.2 Å². The number of carboxylic acids is 1. The molecule has 0 aliphatic rings. The first-order chi connectivity index (χ1) is 7.99. The first-order valence-corrected chi connectivity index (χ1v) is 5.42. The average Bonchev–Trinajstić information content (AvgIpc) is 2.25. The van der Waals surface area contributed by atoms with Gasteiger partial charge in [0.2, 0.25) is 0 Å². The number of methoxy groups -OCH3 is 1. The molecule has 17 heavy (non-hydrogen) atoms. The predicted molar refractivity (Wildman–Crippen MR) is 63.6 cm³/mol. The minimum absolute atomic E-state index is 0.137. The van der Waals surface area contributed by atoms with Crippen molar-refractivity contribution in [2.24, 2.45) is 0 Å². The second-order valence-corrected chi connectivity index (χ2v) is 3.96. The molecule has 0 saturated heterocycles. The van der Waals surface area contributed by atoms with E-state index in [1.165, 1.54) is 4.57 Å². The van der Waals surface area contributed by atoms with Crippen molar-refractivity contribution in [3.63, 3.8) is 0 Å². The van der Waals surface area contributed by atoms with Gasteiger partial charge in [0.05, 0.1) is 0 Å². The number of hydrogen-bond acceptors (Lipinski definition) is 3. The number of pyridine rings is 1. The molecule has 0 radical (unpaired) electrons. The highest BCUT2D eigenvalue weighted by Crippen LogP contribution is 2.09. The maximum Gasteiger partial charge on any atom is 0.341 e. The van der Waals surface area contributed by atoms with Gasteiger partial charge in [0.1, 0.15) is 5.56 Å². The molecule has 1 aromatic heterocycles. The van der Waals surface area contributed by atoms with Gasteiger partial charge in [0, 0.05) is 26.5 Å². The standard InChI is InChI=1S/C12H17NO4/c1-8-7-13(5-4-6-17-3)11(14)10(9(8)2)12(15)16/h7H,4-6H2,1-3H3,(H,15,16). The predicted octanol–water partition coefficient (Wildman–Crippen LogP) is 1.20. The topological polar surface area (TPSA) is 68.5 Å². The number of aryl methyl sites for hydroxylation is 2. The van der Waals surface area contributed by atoms with Crippen LogP contribution in [-0.4, -0.2) is 29.4 Å².